The molecule has 0 spiro atoms. The minimum Gasteiger partial charge on any atom is -0.466 e. The third-order valence-electron chi connectivity index (χ3n) is 5.96. The van der Waals surface area contributed by atoms with Crippen LogP contribution in [0.2, 0.25) is 0 Å². The lowest BCUT2D eigenvalue weighted by Crippen LogP contribution is -2.51. The molecule has 0 saturated heterocycles. The highest BCUT2D eigenvalue weighted by molar-refractivity contribution is 6.05. The molecule has 2 atom stereocenters. The number of ether oxygens (including phenoxy) is 1. The molecule has 0 radical (unpaired) electrons. The monoisotopic (exact) mass is 410 g/mol. The Balaban J connectivity index is 1.74. The molecule has 0 aliphatic carbocycles. The van der Waals surface area contributed by atoms with E-state index in [-0.39, 0.29) is 18.4 Å². The molecule has 2 aliphatic heterocycles. The summed E-state index contributed by atoms with van der Waals surface area (Å²) in [7, 11) is 0. The summed E-state index contributed by atoms with van der Waals surface area (Å²) in [5.74, 6) is -0.192. The molecule has 31 heavy (non-hydrogen) atoms. The van der Waals surface area contributed by atoms with Gasteiger partial charge >= 0.3 is 0 Å². The van der Waals surface area contributed by atoms with Gasteiger partial charge in [0.25, 0.3) is 5.91 Å². The van der Waals surface area contributed by atoms with Crippen LogP contribution in [0.3, 0.4) is 0 Å². The number of aliphatic imine (C=N–C) groups is 1. The van der Waals surface area contributed by atoms with E-state index < -0.39 is 11.6 Å². The fourth-order valence-corrected chi connectivity index (χ4v) is 4.45. The molecule has 0 N–H and O–H groups in total. The molecule has 3 aromatic carbocycles. The molecule has 2 aliphatic rings. The summed E-state index contributed by atoms with van der Waals surface area (Å²) < 4.78 is 6.42. The van der Waals surface area contributed by atoms with E-state index in [0.29, 0.717) is 12.3 Å². The number of nitrogens with zero attached hydrogens (tertiary/aromatic N) is 2. The molecule has 3 aromatic rings. The van der Waals surface area contributed by atoms with Crippen molar-refractivity contribution in [1.82, 2.24) is 4.90 Å². The first-order valence-electron chi connectivity index (χ1n) is 10.3. The average Bonchev–Trinajstić information content (AvgIpc) is 3.14. The van der Waals surface area contributed by atoms with Gasteiger partial charge in [0.2, 0.25) is 11.8 Å². The molecule has 0 bridgehead atoms. The van der Waals surface area contributed by atoms with Crippen molar-refractivity contribution in [2.45, 2.75) is 31.5 Å². The fraction of sp³-hybridized carbons (Fsp3) is 0.192. The summed E-state index contributed by atoms with van der Waals surface area (Å²) in [6, 6.07) is 27.1. The van der Waals surface area contributed by atoms with Gasteiger partial charge in [-0.3, -0.25) is 14.5 Å². The van der Waals surface area contributed by atoms with Crippen molar-refractivity contribution >= 4 is 17.7 Å². The van der Waals surface area contributed by atoms with Crippen LogP contribution in [0.5, 0.6) is 0 Å². The van der Waals surface area contributed by atoms with E-state index >= 15 is 0 Å². The van der Waals surface area contributed by atoms with E-state index in [4.69, 9.17) is 9.73 Å². The van der Waals surface area contributed by atoms with Crippen LogP contribution in [0.15, 0.2) is 89.9 Å². The summed E-state index contributed by atoms with van der Waals surface area (Å²) in [6.07, 6.45) is -0.276. The highest BCUT2D eigenvalue weighted by Crippen LogP contribution is 2.46. The van der Waals surface area contributed by atoms with Gasteiger partial charge in [-0.1, -0.05) is 72.8 Å². The Morgan fingerprint density at radius 3 is 2.35 bits per heavy atom. The van der Waals surface area contributed by atoms with Crippen LogP contribution in [0.4, 0.5) is 0 Å². The lowest BCUT2D eigenvalue weighted by atomic mass is 9.81. The van der Waals surface area contributed by atoms with Gasteiger partial charge in [-0.05, 0) is 23.3 Å². The first kappa shape index (κ1) is 19.2. The SMILES string of the molecule is CC(=O)N1Cc2ccccc2[C@@H]2OC(c3ccccc3)=N[C@]2(Cc2ccccc2)C1=O. The van der Waals surface area contributed by atoms with Crippen molar-refractivity contribution < 1.29 is 14.3 Å². The number of hydrogen-bond donors (Lipinski definition) is 0. The Labute approximate surface area is 181 Å². The molecule has 0 saturated carbocycles. The van der Waals surface area contributed by atoms with Crippen molar-refractivity contribution in [3.63, 3.8) is 0 Å². The average molecular weight is 410 g/mol. The maximum absolute atomic E-state index is 14.0. The summed E-state index contributed by atoms with van der Waals surface area (Å²) in [5, 5.41) is 0. The Morgan fingerprint density at radius 1 is 1.00 bits per heavy atom. The summed E-state index contributed by atoms with van der Waals surface area (Å²) >= 11 is 0. The van der Waals surface area contributed by atoms with Gasteiger partial charge in [0.1, 0.15) is 0 Å². The van der Waals surface area contributed by atoms with Gasteiger partial charge in [-0.25, -0.2) is 4.99 Å². The van der Waals surface area contributed by atoms with Crippen LogP contribution in [-0.4, -0.2) is 28.2 Å². The normalized spacial score (nSPS) is 22.1. The molecule has 5 heteroatoms. The molecule has 2 heterocycles. The molecule has 0 fully saturated rings. The second kappa shape index (κ2) is 7.51. The summed E-state index contributed by atoms with van der Waals surface area (Å²) in [6.45, 7) is 1.64. The quantitative estimate of drug-likeness (QED) is 0.654. The molecule has 154 valence electrons. The number of benzene rings is 3. The van der Waals surface area contributed by atoms with Crippen molar-refractivity contribution in [1.29, 1.82) is 0 Å². The van der Waals surface area contributed by atoms with E-state index in [1.807, 2.05) is 84.9 Å². The zero-order valence-corrected chi connectivity index (χ0v) is 17.2. The van der Waals surface area contributed by atoms with E-state index in [0.717, 1.165) is 22.3 Å². The highest BCUT2D eigenvalue weighted by atomic mass is 16.5. The largest absolute Gasteiger partial charge is 0.466 e. The van der Waals surface area contributed by atoms with E-state index in [1.54, 1.807) is 0 Å². The lowest BCUT2D eigenvalue weighted by molar-refractivity contribution is -0.149. The topological polar surface area (TPSA) is 59.0 Å². The molecular weight excluding hydrogens is 388 g/mol. The molecule has 0 unspecified atom stereocenters. The molecule has 5 nitrogen and oxygen atoms in total. The van der Waals surface area contributed by atoms with Crippen molar-refractivity contribution in [3.8, 4) is 0 Å². The maximum Gasteiger partial charge on any atom is 0.262 e. The summed E-state index contributed by atoms with van der Waals surface area (Å²) in [5.41, 5.74) is 2.30. The van der Waals surface area contributed by atoms with E-state index in [2.05, 4.69) is 0 Å². The van der Waals surface area contributed by atoms with Gasteiger partial charge in [0.05, 0.1) is 6.54 Å². The first-order chi connectivity index (χ1) is 15.1. The number of hydrogen-bond acceptors (Lipinski definition) is 4. The first-order valence-corrected chi connectivity index (χ1v) is 10.3. The Hall–Kier alpha value is -3.73. The number of fused-ring (bicyclic) bond motifs is 3. The number of rotatable bonds is 3. The molecule has 0 aromatic heterocycles. The van der Waals surface area contributed by atoms with Gasteiger partial charge in [-0.2, -0.15) is 0 Å². The second-order valence-electron chi connectivity index (χ2n) is 7.98. The van der Waals surface area contributed by atoms with Crippen molar-refractivity contribution in [2.75, 3.05) is 0 Å². The fourth-order valence-electron chi connectivity index (χ4n) is 4.45. The minimum atomic E-state index is -1.26. The highest BCUT2D eigenvalue weighted by Gasteiger charge is 2.57. The summed E-state index contributed by atoms with van der Waals surface area (Å²) in [4.78, 5) is 32.7. The zero-order valence-electron chi connectivity index (χ0n) is 17.2. The van der Waals surface area contributed by atoms with Crippen LogP contribution in [0.25, 0.3) is 0 Å². The van der Waals surface area contributed by atoms with Crippen LogP contribution >= 0.6 is 0 Å². The molecule has 2 amide bonds. The lowest BCUT2D eigenvalue weighted by Gasteiger charge is -2.31. The Kier molecular flexibility index (Phi) is 4.66. The number of carbonyl (C=O) groups excluding carboxylic acids is 2. The van der Waals surface area contributed by atoms with E-state index in [9.17, 15) is 9.59 Å². The third-order valence-corrected chi connectivity index (χ3v) is 5.96. The standard InChI is InChI=1S/C26H22N2O3/c1-18(29)28-17-21-14-8-9-15-22(21)23-26(25(28)30,16-19-10-4-2-5-11-19)27-24(31-23)20-12-6-3-7-13-20/h2-15,23H,16-17H2,1H3/t23-,26-/m0/s1. The third kappa shape index (κ3) is 3.22. The predicted molar refractivity (Wildman–Crippen MR) is 117 cm³/mol. The number of carbonyl (C=O) groups is 2. The van der Waals surface area contributed by atoms with Crippen molar-refractivity contribution in [2.24, 2.45) is 4.99 Å². The van der Waals surface area contributed by atoms with Gasteiger partial charge in [-0.15, -0.1) is 0 Å². The van der Waals surface area contributed by atoms with Gasteiger partial charge in [0.15, 0.2) is 11.6 Å². The zero-order chi connectivity index (χ0) is 21.4. The smallest absolute Gasteiger partial charge is 0.262 e. The Morgan fingerprint density at radius 2 is 1.65 bits per heavy atom. The van der Waals surface area contributed by atoms with Crippen LogP contribution < -0.4 is 0 Å². The number of imide groups is 1. The number of amides is 2. The van der Waals surface area contributed by atoms with E-state index in [1.165, 1.54) is 11.8 Å². The van der Waals surface area contributed by atoms with Crippen LogP contribution in [0, 0.1) is 0 Å². The maximum atomic E-state index is 14.0. The van der Waals surface area contributed by atoms with Gasteiger partial charge in [0, 0.05) is 24.5 Å². The van der Waals surface area contributed by atoms with Crippen LogP contribution in [0.1, 0.15) is 35.3 Å². The molecule has 5 rings (SSSR count). The van der Waals surface area contributed by atoms with Crippen LogP contribution in [-0.2, 0) is 27.3 Å². The predicted octanol–water partition coefficient (Wildman–Crippen LogP) is 4.07. The Bertz CT molecular complexity index is 1170. The van der Waals surface area contributed by atoms with Crippen molar-refractivity contribution in [3.05, 3.63) is 107 Å². The minimum absolute atomic E-state index is 0.219. The molecular formula is C26H22N2O3. The second-order valence-corrected chi connectivity index (χ2v) is 7.98. The van der Waals surface area contributed by atoms with Gasteiger partial charge < -0.3 is 4.74 Å².